The number of benzene rings is 1. The highest BCUT2D eigenvalue weighted by Crippen LogP contribution is 2.40. The molecule has 1 aromatic carbocycles. The van der Waals surface area contributed by atoms with E-state index in [1.54, 1.807) is 24.3 Å². The van der Waals surface area contributed by atoms with Crippen molar-refractivity contribution >= 4 is 11.5 Å². The molecule has 0 fully saturated rings. The standard InChI is InChI=1S/C21H28F3N3O2/c1-4-6-10-14-28-18-12-9-8-11-17(18)27(3)19-16(21(22,23)24)15-25-20(26-19)29-13-7-5-2/h8-9,11-12,15H,4-7,10,13-14H2,1-3H3. The zero-order valence-electron chi connectivity index (χ0n) is 17.1. The van der Waals surface area contributed by atoms with E-state index < -0.39 is 11.7 Å². The molecule has 0 amide bonds. The summed E-state index contributed by atoms with van der Waals surface area (Å²) in [4.78, 5) is 9.16. The number of hydrogen-bond donors (Lipinski definition) is 0. The van der Waals surface area contributed by atoms with E-state index in [1.807, 2.05) is 6.92 Å². The van der Waals surface area contributed by atoms with Crippen LogP contribution in [0.15, 0.2) is 30.5 Å². The van der Waals surface area contributed by atoms with Gasteiger partial charge in [0.05, 0.1) is 18.9 Å². The summed E-state index contributed by atoms with van der Waals surface area (Å²) in [5.41, 5.74) is -0.434. The third-order valence-corrected chi connectivity index (χ3v) is 4.33. The van der Waals surface area contributed by atoms with Gasteiger partial charge in [0.1, 0.15) is 11.3 Å². The predicted molar refractivity (Wildman–Crippen MR) is 107 cm³/mol. The van der Waals surface area contributed by atoms with E-state index in [9.17, 15) is 13.2 Å². The largest absolute Gasteiger partial charge is 0.491 e. The molecule has 0 unspecified atom stereocenters. The highest BCUT2D eigenvalue weighted by Gasteiger charge is 2.37. The first-order valence-electron chi connectivity index (χ1n) is 9.91. The predicted octanol–water partition coefficient (Wildman–Crippen LogP) is 6.01. The van der Waals surface area contributed by atoms with Gasteiger partial charge in [-0.3, -0.25) is 0 Å². The van der Waals surface area contributed by atoms with Crippen LogP contribution in [0.4, 0.5) is 24.7 Å². The molecule has 0 saturated heterocycles. The van der Waals surface area contributed by atoms with Crippen molar-refractivity contribution in [3.05, 3.63) is 36.0 Å². The molecule has 0 aliphatic carbocycles. The number of nitrogens with zero attached hydrogens (tertiary/aromatic N) is 3. The van der Waals surface area contributed by atoms with E-state index in [2.05, 4.69) is 16.9 Å². The monoisotopic (exact) mass is 411 g/mol. The molecular weight excluding hydrogens is 383 g/mol. The van der Waals surface area contributed by atoms with Crippen LogP contribution < -0.4 is 14.4 Å². The topological polar surface area (TPSA) is 47.5 Å². The van der Waals surface area contributed by atoms with E-state index in [0.29, 0.717) is 24.7 Å². The number of para-hydroxylation sites is 2. The van der Waals surface area contributed by atoms with Gasteiger partial charge in [0.15, 0.2) is 5.82 Å². The van der Waals surface area contributed by atoms with Crippen LogP contribution in [0.25, 0.3) is 0 Å². The number of alkyl halides is 3. The summed E-state index contributed by atoms with van der Waals surface area (Å²) < 4.78 is 52.0. The van der Waals surface area contributed by atoms with E-state index in [1.165, 1.54) is 11.9 Å². The lowest BCUT2D eigenvalue weighted by molar-refractivity contribution is -0.137. The van der Waals surface area contributed by atoms with Crippen molar-refractivity contribution in [1.82, 2.24) is 9.97 Å². The van der Waals surface area contributed by atoms with Crippen molar-refractivity contribution < 1.29 is 22.6 Å². The van der Waals surface area contributed by atoms with Crippen LogP contribution in [0.2, 0.25) is 0 Å². The second-order valence-corrected chi connectivity index (χ2v) is 6.67. The SMILES string of the molecule is CCCCCOc1ccccc1N(C)c1nc(OCCCC)ncc1C(F)(F)F. The molecule has 0 N–H and O–H groups in total. The van der Waals surface area contributed by atoms with Crippen LogP contribution >= 0.6 is 0 Å². The fourth-order valence-corrected chi connectivity index (χ4v) is 2.69. The van der Waals surface area contributed by atoms with Crippen LogP contribution in [-0.4, -0.2) is 30.2 Å². The minimum absolute atomic E-state index is 0.0744. The molecule has 5 nitrogen and oxygen atoms in total. The maximum absolute atomic E-state index is 13.6. The Morgan fingerprint density at radius 3 is 2.34 bits per heavy atom. The van der Waals surface area contributed by atoms with E-state index in [-0.39, 0.29) is 11.8 Å². The first kappa shape index (κ1) is 22.8. The Labute approximate surface area is 169 Å². The van der Waals surface area contributed by atoms with Crippen LogP contribution in [0.1, 0.15) is 51.5 Å². The van der Waals surface area contributed by atoms with Crippen molar-refractivity contribution in [2.24, 2.45) is 0 Å². The molecule has 8 heteroatoms. The van der Waals surface area contributed by atoms with Crippen LogP contribution in [0, 0.1) is 0 Å². The summed E-state index contributed by atoms with van der Waals surface area (Å²) in [6.45, 7) is 4.94. The highest BCUT2D eigenvalue weighted by atomic mass is 19.4. The molecule has 0 aliphatic heterocycles. The summed E-state index contributed by atoms with van der Waals surface area (Å²) in [6.07, 6.45) is 0.806. The van der Waals surface area contributed by atoms with Gasteiger partial charge in [-0.2, -0.15) is 18.2 Å². The highest BCUT2D eigenvalue weighted by molar-refractivity contribution is 5.68. The maximum Gasteiger partial charge on any atom is 0.421 e. The number of ether oxygens (including phenoxy) is 2. The van der Waals surface area contributed by atoms with Crippen LogP contribution in [-0.2, 0) is 6.18 Å². The van der Waals surface area contributed by atoms with Gasteiger partial charge in [-0.15, -0.1) is 0 Å². The van der Waals surface area contributed by atoms with Gasteiger partial charge >= 0.3 is 12.2 Å². The number of hydrogen-bond acceptors (Lipinski definition) is 5. The fraction of sp³-hybridized carbons (Fsp3) is 0.524. The molecule has 0 atom stereocenters. The Morgan fingerprint density at radius 1 is 0.966 bits per heavy atom. The van der Waals surface area contributed by atoms with Crippen LogP contribution in [0.3, 0.4) is 0 Å². The lowest BCUT2D eigenvalue weighted by Crippen LogP contribution is -2.20. The smallest absolute Gasteiger partial charge is 0.421 e. The minimum Gasteiger partial charge on any atom is -0.491 e. The van der Waals surface area contributed by atoms with Gasteiger partial charge in [-0.05, 0) is 25.0 Å². The molecule has 2 aromatic rings. The molecule has 160 valence electrons. The zero-order chi connectivity index (χ0) is 21.3. The van der Waals surface area contributed by atoms with E-state index >= 15 is 0 Å². The second kappa shape index (κ2) is 10.9. The molecule has 1 heterocycles. The fourth-order valence-electron chi connectivity index (χ4n) is 2.69. The lowest BCUT2D eigenvalue weighted by Gasteiger charge is -2.24. The van der Waals surface area contributed by atoms with E-state index in [0.717, 1.165) is 38.3 Å². The molecule has 29 heavy (non-hydrogen) atoms. The molecule has 0 saturated carbocycles. The number of rotatable bonds is 11. The first-order valence-corrected chi connectivity index (χ1v) is 9.91. The number of unbranched alkanes of at least 4 members (excludes halogenated alkanes) is 3. The van der Waals surface area contributed by atoms with Crippen molar-refractivity contribution in [2.45, 2.75) is 52.1 Å². The Kier molecular flexibility index (Phi) is 8.54. The Hall–Kier alpha value is -2.51. The second-order valence-electron chi connectivity index (χ2n) is 6.67. The number of anilines is 2. The molecule has 0 radical (unpaired) electrons. The summed E-state index contributed by atoms with van der Waals surface area (Å²) >= 11 is 0. The molecule has 0 bridgehead atoms. The maximum atomic E-state index is 13.6. The first-order chi connectivity index (χ1) is 13.9. The van der Waals surface area contributed by atoms with Crippen molar-refractivity contribution in [3.8, 4) is 11.8 Å². The third kappa shape index (κ3) is 6.51. The lowest BCUT2D eigenvalue weighted by atomic mass is 10.2. The molecule has 0 spiro atoms. The number of halogens is 3. The summed E-state index contributed by atoms with van der Waals surface area (Å²) in [7, 11) is 1.53. The Bertz CT molecular complexity index is 769. The van der Waals surface area contributed by atoms with E-state index in [4.69, 9.17) is 9.47 Å². The quantitative estimate of drug-likeness (QED) is 0.424. The van der Waals surface area contributed by atoms with Gasteiger partial charge in [0, 0.05) is 13.2 Å². The third-order valence-electron chi connectivity index (χ3n) is 4.33. The van der Waals surface area contributed by atoms with Crippen molar-refractivity contribution in [1.29, 1.82) is 0 Å². The molecule has 0 aliphatic rings. The van der Waals surface area contributed by atoms with Gasteiger partial charge in [-0.25, -0.2) is 4.98 Å². The van der Waals surface area contributed by atoms with Crippen molar-refractivity contribution in [2.75, 3.05) is 25.2 Å². The molecule has 1 aromatic heterocycles. The Balaban J connectivity index is 2.35. The Morgan fingerprint density at radius 2 is 1.66 bits per heavy atom. The van der Waals surface area contributed by atoms with Gasteiger partial charge in [0.25, 0.3) is 0 Å². The van der Waals surface area contributed by atoms with Crippen molar-refractivity contribution in [3.63, 3.8) is 0 Å². The zero-order valence-corrected chi connectivity index (χ0v) is 17.1. The normalized spacial score (nSPS) is 11.4. The van der Waals surface area contributed by atoms with Crippen LogP contribution in [0.5, 0.6) is 11.8 Å². The summed E-state index contributed by atoms with van der Waals surface area (Å²) in [5.74, 6) is 0.231. The summed E-state index contributed by atoms with van der Waals surface area (Å²) in [6, 6.07) is 6.91. The number of aromatic nitrogens is 2. The average Bonchev–Trinajstić information content (AvgIpc) is 2.70. The molecule has 2 rings (SSSR count). The minimum atomic E-state index is -4.59. The summed E-state index contributed by atoms with van der Waals surface area (Å²) in [5, 5.41) is 0. The molecular formula is C21H28F3N3O2. The van der Waals surface area contributed by atoms with Gasteiger partial charge < -0.3 is 14.4 Å². The van der Waals surface area contributed by atoms with Gasteiger partial charge in [-0.1, -0.05) is 45.2 Å². The average molecular weight is 411 g/mol. The van der Waals surface area contributed by atoms with Gasteiger partial charge in [0.2, 0.25) is 0 Å².